The number of hydrogen-bond acceptors (Lipinski definition) is 2. The number of allylic oxidation sites excluding steroid dienone is 1. The fourth-order valence-corrected chi connectivity index (χ4v) is 1.62. The van der Waals surface area contributed by atoms with E-state index in [4.69, 9.17) is 4.74 Å². The van der Waals surface area contributed by atoms with E-state index in [9.17, 15) is 0 Å². The zero-order chi connectivity index (χ0) is 10.2. The minimum atomic E-state index is 0.589. The Morgan fingerprint density at radius 2 is 2.36 bits per heavy atom. The number of rotatable bonds is 6. The molecule has 1 atom stereocenters. The van der Waals surface area contributed by atoms with Crippen LogP contribution in [0.1, 0.15) is 33.1 Å². The molecule has 1 unspecified atom stereocenters. The molecule has 82 valence electrons. The smallest absolute Gasteiger partial charge is 0.0591 e. The second kappa shape index (κ2) is 7.02. The van der Waals surface area contributed by atoms with Crippen LogP contribution < -0.4 is 5.32 Å². The van der Waals surface area contributed by atoms with Crippen LogP contribution in [0.15, 0.2) is 12.2 Å². The predicted molar refractivity (Wildman–Crippen MR) is 60.4 cm³/mol. The van der Waals surface area contributed by atoms with Crippen molar-refractivity contribution >= 4 is 0 Å². The first-order valence-electron chi connectivity index (χ1n) is 5.77. The van der Waals surface area contributed by atoms with E-state index < -0.39 is 0 Å². The molecule has 0 spiro atoms. The van der Waals surface area contributed by atoms with E-state index in [2.05, 4.69) is 31.3 Å². The van der Waals surface area contributed by atoms with Gasteiger partial charge in [-0.25, -0.2) is 0 Å². The van der Waals surface area contributed by atoms with Crippen molar-refractivity contribution in [1.82, 2.24) is 5.32 Å². The van der Waals surface area contributed by atoms with Crippen LogP contribution >= 0.6 is 0 Å². The van der Waals surface area contributed by atoms with E-state index >= 15 is 0 Å². The SMILES string of the molecule is CC(C)COCCNC1C=CCCC1. The Balaban J connectivity index is 1.93. The Bertz CT molecular complexity index is 166. The summed E-state index contributed by atoms with van der Waals surface area (Å²) in [4.78, 5) is 0. The Hall–Kier alpha value is -0.340. The molecule has 1 aliphatic rings. The maximum atomic E-state index is 5.50. The molecule has 1 aliphatic carbocycles. The summed E-state index contributed by atoms with van der Waals surface area (Å²) in [5.41, 5.74) is 0. The molecule has 14 heavy (non-hydrogen) atoms. The monoisotopic (exact) mass is 197 g/mol. The van der Waals surface area contributed by atoms with Gasteiger partial charge in [-0.15, -0.1) is 0 Å². The second-order valence-electron chi connectivity index (χ2n) is 4.39. The molecular weight excluding hydrogens is 174 g/mol. The van der Waals surface area contributed by atoms with Crippen LogP contribution in [0.3, 0.4) is 0 Å². The van der Waals surface area contributed by atoms with Crippen molar-refractivity contribution in [2.24, 2.45) is 5.92 Å². The zero-order valence-corrected chi connectivity index (χ0v) is 9.46. The van der Waals surface area contributed by atoms with Crippen LogP contribution in [-0.4, -0.2) is 25.8 Å². The summed E-state index contributed by atoms with van der Waals surface area (Å²) in [5.74, 6) is 0.643. The Morgan fingerprint density at radius 3 is 3.00 bits per heavy atom. The second-order valence-corrected chi connectivity index (χ2v) is 4.39. The van der Waals surface area contributed by atoms with E-state index in [1.165, 1.54) is 19.3 Å². The third-order valence-electron chi connectivity index (χ3n) is 2.36. The quantitative estimate of drug-likeness (QED) is 0.521. The van der Waals surface area contributed by atoms with Crippen LogP contribution in [0.5, 0.6) is 0 Å². The molecule has 0 bridgehead atoms. The van der Waals surface area contributed by atoms with Gasteiger partial charge in [0, 0.05) is 19.2 Å². The highest BCUT2D eigenvalue weighted by atomic mass is 16.5. The highest BCUT2D eigenvalue weighted by molar-refractivity contribution is 4.97. The van der Waals surface area contributed by atoms with Gasteiger partial charge in [0.25, 0.3) is 0 Å². The first-order valence-corrected chi connectivity index (χ1v) is 5.77. The molecule has 0 radical (unpaired) electrons. The van der Waals surface area contributed by atoms with Gasteiger partial charge in [0.1, 0.15) is 0 Å². The molecule has 0 aromatic rings. The molecule has 1 N–H and O–H groups in total. The number of ether oxygens (including phenoxy) is 1. The van der Waals surface area contributed by atoms with Crippen LogP contribution in [-0.2, 0) is 4.74 Å². The van der Waals surface area contributed by atoms with Gasteiger partial charge in [0.2, 0.25) is 0 Å². The average Bonchev–Trinajstić information content (AvgIpc) is 2.18. The molecule has 0 aromatic carbocycles. The molecule has 2 nitrogen and oxygen atoms in total. The molecule has 0 amide bonds. The third kappa shape index (κ3) is 5.40. The molecule has 0 aliphatic heterocycles. The maximum Gasteiger partial charge on any atom is 0.0591 e. The van der Waals surface area contributed by atoms with E-state index in [0.29, 0.717) is 12.0 Å². The van der Waals surface area contributed by atoms with Crippen LogP contribution in [0.2, 0.25) is 0 Å². The lowest BCUT2D eigenvalue weighted by Crippen LogP contribution is -2.31. The van der Waals surface area contributed by atoms with Gasteiger partial charge in [-0.05, 0) is 25.2 Å². The van der Waals surface area contributed by atoms with E-state index in [-0.39, 0.29) is 0 Å². The summed E-state index contributed by atoms with van der Waals surface area (Å²) in [6, 6.07) is 0.589. The summed E-state index contributed by atoms with van der Waals surface area (Å²) in [5, 5.41) is 3.48. The third-order valence-corrected chi connectivity index (χ3v) is 2.36. The molecular formula is C12H23NO. The maximum absolute atomic E-state index is 5.50. The van der Waals surface area contributed by atoms with Crippen molar-refractivity contribution in [3.8, 4) is 0 Å². The fourth-order valence-electron chi connectivity index (χ4n) is 1.62. The van der Waals surface area contributed by atoms with Crippen molar-refractivity contribution in [1.29, 1.82) is 0 Å². The van der Waals surface area contributed by atoms with Gasteiger partial charge < -0.3 is 10.1 Å². The molecule has 2 heteroatoms. The Labute approximate surface area is 87.7 Å². The molecule has 0 saturated heterocycles. The number of hydrogen-bond donors (Lipinski definition) is 1. The minimum absolute atomic E-state index is 0.589. The lowest BCUT2D eigenvalue weighted by Gasteiger charge is -2.18. The summed E-state index contributed by atoms with van der Waals surface area (Å²) in [6.07, 6.45) is 8.41. The van der Waals surface area contributed by atoms with Crippen molar-refractivity contribution in [2.75, 3.05) is 19.8 Å². The van der Waals surface area contributed by atoms with E-state index in [1.54, 1.807) is 0 Å². The van der Waals surface area contributed by atoms with Gasteiger partial charge >= 0.3 is 0 Å². The van der Waals surface area contributed by atoms with Crippen molar-refractivity contribution in [2.45, 2.75) is 39.2 Å². The van der Waals surface area contributed by atoms with Crippen molar-refractivity contribution < 1.29 is 4.74 Å². The Kier molecular flexibility index (Phi) is 5.88. The van der Waals surface area contributed by atoms with Gasteiger partial charge in [-0.3, -0.25) is 0 Å². The molecule has 0 fully saturated rings. The summed E-state index contributed by atoms with van der Waals surface area (Å²) in [7, 11) is 0. The van der Waals surface area contributed by atoms with E-state index in [0.717, 1.165) is 19.8 Å². The first kappa shape index (κ1) is 11.7. The van der Waals surface area contributed by atoms with Gasteiger partial charge in [-0.2, -0.15) is 0 Å². The standard InChI is InChI=1S/C12H23NO/c1-11(2)10-14-9-8-13-12-6-4-3-5-7-12/h4,6,11-13H,3,5,7-10H2,1-2H3. The minimum Gasteiger partial charge on any atom is -0.380 e. The zero-order valence-electron chi connectivity index (χ0n) is 9.46. The largest absolute Gasteiger partial charge is 0.380 e. The summed E-state index contributed by atoms with van der Waals surface area (Å²) >= 11 is 0. The van der Waals surface area contributed by atoms with E-state index in [1.807, 2.05) is 0 Å². The van der Waals surface area contributed by atoms with Crippen LogP contribution in [0, 0.1) is 5.92 Å². The van der Waals surface area contributed by atoms with Crippen LogP contribution in [0.25, 0.3) is 0 Å². The lowest BCUT2D eigenvalue weighted by atomic mass is 10.0. The van der Waals surface area contributed by atoms with Crippen molar-refractivity contribution in [3.63, 3.8) is 0 Å². The highest BCUT2D eigenvalue weighted by Gasteiger charge is 2.06. The normalized spacial score (nSPS) is 21.8. The predicted octanol–water partition coefficient (Wildman–Crippen LogP) is 2.36. The highest BCUT2D eigenvalue weighted by Crippen LogP contribution is 2.09. The van der Waals surface area contributed by atoms with Crippen molar-refractivity contribution in [3.05, 3.63) is 12.2 Å². The van der Waals surface area contributed by atoms with Crippen LogP contribution in [0.4, 0.5) is 0 Å². The lowest BCUT2D eigenvalue weighted by molar-refractivity contribution is 0.110. The van der Waals surface area contributed by atoms with Gasteiger partial charge in [-0.1, -0.05) is 26.0 Å². The topological polar surface area (TPSA) is 21.3 Å². The molecule has 0 saturated carbocycles. The molecule has 0 heterocycles. The molecule has 0 aromatic heterocycles. The number of nitrogens with one attached hydrogen (secondary N) is 1. The average molecular weight is 197 g/mol. The molecule has 1 rings (SSSR count). The van der Waals surface area contributed by atoms with Gasteiger partial charge in [0.15, 0.2) is 0 Å². The first-order chi connectivity index (χ1) is 6.79. The van der Waals surface area contributed by atoms with Gasteiger partial charge in [0.05, 0.1) is 6.61 Å². The Morgan fingerprint density at radius 1 is 1.50 bits per heavy atom. The fraction of sp³-hybridized carbons (Fsp3) is 0.833. The summed E-state index contributed by atoms with van der Waals surface area (Å²) in [6.45, 7) is 7.04. The summed E-state index contributed by atoms with van der Waals surface area (Å²) < 4.78 is 5.50.